The number of nitrogens with one attached hydrogen (secondary N) is 2. The van der Waals surface area contributed by atoms with Crippen LogP contribution in [0.3, 0.4) is 0 Å². The highest BCUT2D eigenvalue weighted by Gasteiger charge is 2.19. The maximum Gasteiger partial charge on any atom is 0.320 e. The van der Waals surface area contributed by atoms with Crippen molar-refractivity contribution in [1.29, 1.82) is 0 Å². The van der Waals surface area contributed by atoms with Gasteiger partial charge in [0.2, 0.25) is 0 Å². The fraction of sp³-hybridized carbons (Fsp3) is 0.0714. The summed E-state index contributed by atoms with van der Waals surface area (Å²) in [5.74, 6) is 0. The number of hydrogen-bond acceptors (Lipinski definition) is 2. The van der Waals surface area contributed by atoms with Gasteiger partial charge in [0.15, 0.2) is 0 Å². The van der Waals surface area contributed by atoms with Crippen molar-refractivity contribution < 1.29 is 4.79 Å². The van der Waals surface area contributed by atoms with Crippen molar-refractivity contribution in [2.24, 2.45) is 0 Å². The lowest BCUT2D eigenvalue weighted by atomic mass is 10.2. The Bertz CT molecular complexity index is 615. The molecule has 0 unspecified atom stereocenters. The number of benzene rings is 2. The summed E-state index contributed by atoms with van der Waals surface area (Å²) in [4.78, 5) is 13.7. The van der Waals surface area contributed by atoms with E-state index in [-0.39, 0.29) is 6.03 Å². The largest absolute Gasteiger partial charge is 0.321 e. The van der Waals surface area contributed by atoms with Crippen molar-refractivity contribution in [1.82, 2.24) is 5.32 Å². The molecule has 0 saturated carbocycles. The number of rotatable bonds is 1. The minimum atomic E-state index is -0.193. The van der Waals surface area contributed by atoms with E-state index in [9.17, 15) is 4.79 Å². The highest BCUT2D eigenvalue weighted by atomic mass is 79.9. The molecule has 2 aromatic carbocycles. The normalized spacial score (nSPS) is 14.2. The number of para-hydroxylation sites is 1. The fourth-order valence-corrected chi connectivity index (χ4v) is 2.42. The molecular weight excluding hydrogens is 306 g/mol. The van der Waals surface area contributed by atoms with Crippen LogP contribution in [0.15, 0.2) is 53.0 Å². The first kappa shape index (κ1) is 12.0. The highest BCUT2D eigenvalue weighted by molar-refractivity contribution is 9.10. The molecule has 0 bridgehead atoms. The summed E-state index contributed by atoms with van der Waals surface area (Å²) in [5.41, 5.74) is 2.78. The Morgan fingerprint density at radius 2 is 1.89 bits per heavy atom. The van der Waals surface area contributed by atoms with Crippen molar-refractivity contribution in [2.75, 3.05) is 16.9 Å². The molecular formula is C14H12BrN3O. The zero-order valence-electron chi connectivity index (χ0n) is 10.1. The molecule has 0 atom stereocenters. The van der Waals surface area contributed by atoms with Gasteiger partial charge in [-0.25, -0.2) is 4.79 Å². The number of carbonyl (C=O) groups excluding carboxylic acids is 1. The highest BCUT2D eigenvalue weighted by Crippen LogP contribution is 2.35. The minimum absolute atomic E-state index is 0.193. The molecule has 19 heavy (non-hydrogen) atoms. The molecule has 4 nitrogen and oxygen atoms in total. The molecule has 1 heterocycles. The van der Waals surface area contributed by atoms with Crippen molar-refractivity contribution >= 4 is 39.0 Å². The molecule has 1 aliphatic heterocycles. The van der Waals surface area contributed by atoms with E-state index in [4.69, 9.17) is 0 Å². The van der Waals surface area contributed by atoms with E-state index >= 15 is 0 Å². The Hall–Kier alpha value is -2.01. The van der Waals surface area contributed by atoms with Gasteiger partial charge in [-0.05, 0) is 30.3 Å². The average molecular weight is 318 g/mol. The Labute approximate surface area is 119 Å². The maximum atomic E-state index is 11.6. The van der Waals surface area contributed by atoms with Gasteiger partial charge in [0.25, 0.3) is 0 Å². The van der Waals surface area contributed by atoms with Crippen LogP contribution in [0.1, 0.15) is 0 Å². The fourth-order valence-electron chi connectivity index (χ4n) is 2.07. The first-order valence-corrected chi connectivity index (χ1v) is 6.70. The first-order valence-electron chi connectivity index (χ1n) is 5.91. The first-order chi connectivity index (χ1) is 9.24. The number of fused-ring (bicyclic) bond motifs is 1. The van der Waals surface area contributed by atoms with Crippen LogP contribution in [0, 0.1) is 0 Å². The van der Waals surface area contributed by atoms with Crippen molar-refractivity contribution in [3.63, 3.8) is 0 Å². The molecule has 2 amide bonds. The molecule has 5 heteroatoms. The summed E-state index contributed by atoms with van der Waals surface area (Å²) in [6.45, 7) is 0.430. The standard InChI is InChI=1S/C14H12BrN3O/c15-10-6-7-12-13(8-10)18(9-16-14(19)17-12)11-4-2-1-3-5-11/h1-8H,9H2,(H2,16,17,19). The molecule has 0 saturated heterocycles. The molecule has 1 aliphatic rings. The molecule has 0 aliphatic carbocycles. The van der Waals surface area contributed by atoms with E-state index in [0.717, 1.165) is 21.5 Å². The number of carbonyl (C=O) groups is 1. The zero-order valence-corrected chi connectivity index (χ0v) is 11.6. The van der Waals surface area contributed by atoms with Gasteiger partial charge in [-0.2, -0.15) is 0 Å². The van der Waals surface area contributed by atoms with Gasteiger partial charge in [0.1, 0.15) is 0 Å². The quantitative estimate of drug-likeness (QED) is 0.842. The van der Waals surface area contributed by atoms with Crippen molar-refractivity contribution in [2.45, 2.75) is 0 Å². The van der Waals surface area contributed by atoms with Gasteiger partial charge in [-0.1, -0.05) is 34.1 Å². The third kappa shape index (κ3) is 2.42. The van der Waals surface area contributed by atoms with E-state index in [2.05, 4.69) is 31.5 Å². The molecule has 0 radical (unpaired) electrons. The van der Waals surface area contributed by atoms with Crippen LogP contribution < -0.4 is 15.5 Å². The summed E-state index contributed by atoms with van der Waals surface area (Å²) in [5, 5.41) is 5.66. The second-order valence-corrected chi connectivity index (χ2v) is 5.13. The van der Waals surface area contributed by atoms with E-state index < -0.39 is 0 Å². The number of hydrogen-bond donors (Lipinski definition) is 2. The topological polar surface area (TPSA) is 44.4 Å². The number of halogens is 1. The molecule has 0 spiro atoms. The van der Waals surface area contributed by atoms with E-state index in [0.29, 0.717) is 6.67 Å². The summed E-state index contributed by atoms with van der Waals surface area (Å²) >= 11 is 3.47. The number of nitrogens with zero attached hydrogens (tertiary/aromatic N) is 1. The molecule has 96 valence electrons. The van der Waals surface area contributed by atoms with Gasteiger partial charge in [-0.3, -0.25) is 0 Å². The van der Waals surface area contributed by atoms with Crippen LogP contribution in [0.5, 0.6) is 0 Å². The summed E-state index contributed by atoms with van der Waals surface area (Å²) in [6.07, 6.45) is 0. The second kappa shape index (κ2) is 4.93. The van der Waals surface area contributed by atoms with E-state index in [1.807, 2.05) is 48.5 Å². The van der Waals surface area contributed by atoms with Crippen LogP contribution in [0.25, 0.3) is 0 Å². The summed E-state index contributed by atoms with van der Waals surface area (Å²) < 4.78 is 0.975. The van der Waals surface area contributed by atoms with Crippen LogP contribution >= 0.6 is 15.9 Å². The average Bonchev–Trinajstić information content (AvgIpc) is 2.58. The Balaban J connectivity index is 2.11. The molecule has 2 N–H and O–H groups in total. The van der Waals surface area contributed by atoms with Crippen molar-refractivity contribution in [3.05, 3.63) is 53.0 Å². The monoisotopic (exact) mass is 317 g/mol. The number of amides is 2. The van der Waals surface area contributed by atoms with Crippen LogP contribution in [-0.4, -0.2) is 12.7 Å². The SMILES string of the molecule is O=C1NCN(c2ccccc2)c2cc(Br)ccc2N1. The van der Waals surface area contributed by atoms with Crippen LogP contribution in [-0.2, 0) is 0 Å². The number of anilines is 3. The predicted octanol–water partition coefficient (Wildman–Crippen LogP) is 3.68. The second-order valence-electron chi connectivity index (χ2n) is 4.21. The van der Waals surface area contributed by atoms with Gasteiger partial charge >= 0.3 is 6.03 Å². The lowest BCUT2D eigenvalue weighted by Gasteiger charge is -2.24. The molecule has 3 rings (SSSR count). The predicted molar refractivity (Wildman–Crippen MR) is 79.7 cm³/mol. The molecule has 0 aromatic heterocycles. The smallest absolute Gasteiger partial charge is 0.320 e. The molecule has 2 aromatic rings. The summed E-state index contributed by atoms with van der Waals surface area (Å²) in [7, 11) is 0. The van der Waals surface area contributed by atoms with E-state index in [1.165, 1.54) is 0 Å². The Morgan fingerprint density at radius 3 is 2.68 bits per heavy atom. The summed E-state index contributed by atoms with van der Waals surface area (Å²) in [6, 6.07) is 15.6. The lowest BCUT2D eigenvalue weighted by Crippen LogP contribution is -2.34. The number of urea groups is 1. The van der Waals surface area contributed by atoms with Gasteiger partial charge in [-0.15, -0.1) is 0 Å². The third-order valence-electron chi connectivity index (χ3n) is 2.96. The Kier molecular flexibility index (Phi) is 3.13. The third-order valence-corrected chi connectivity index (χ3v) is 3.46. The van der Waals surface area contributed by atoms with Crippen LogP contribution in [0.4, 0.5) is 21.9 Å². The van der Waals surface area contributed by atoms with Gasteiger partial charge in [0, 0.05) is 10.2 Å². The van der Waals surface area contributed by atoms with Crippen LogP contribution in [0.2, 0.25) is 0 Å². The Morgan fingerprint density at radius 1 is 1.11 bits per heavy atom. The van der Waals surface area contributed by atoms with E-state index in [1.54, 1.807) is 0 Å². The zero-order chi connectivity index (χ0) is 13.2. The van der Waals surface area contributed by atoms with Gasteiger partial charge < -0.3 is 15.5 Å². The lowest BCUT2D eigenvalue weighted by molar-refractivity contribution is 0.252. The van der Waals surface area contributed by atoms with Gasteiger partial charge in [0.05, 0.1) is 18.0 Å². The minimum Gasteiger partial charge on any atom is -0.321 e. The van der Waals surface area contributed by atoms with Crippen molar-refractivity contribution in [3.8, 4) is 0 Å². The maximum absolute atomic E-state index is 11.6. The molecule has 0 fully saturated rings.